The number of nitrogens with zero attached hydrogens (tertiary/aromatic N) is 5. The van der Waals surface area contributed by atoms with Crippen LogP contribution < -0.4 is 9.80 Å². The fourth-order valence-corrected chi connectivity index (χ4v) is 3.25. The van der Waals surface area contributed by atoms with Gasteiger partial charge in [0.05, 0.1) is 18.9 Å². The van der Waals surface area contributed by atoms with Gasteiger partial charge in [-0.15, -0.1) is 0 Å². The molecule has 3 aromatic rings. The van der Waals surface area contributed by atoms with Crippen molar-refractivity contribution in [3.05, 3.63) is 66.5 Å². The third kappa shape index (κ3) is 4.46. The van der Waals surface area contributed by atoms with Gasteiger partial charge in [0, 0.05) is 50.7 Å². The predicted molar refractivity (Wildman–Crippen MR) is 112 cm³/mol. The van der Waals surface area contributed by atoms with E-state index in [1.165, 1.54) is 5.56 Å². The second-order valence-corrected chi connectivity index (χ2v) is 6.90. The van der Waals surface area contributed by atoms with E-state index >= 15 is 0 Å². The van der Waals surface area contributed by atoms with Crippen LogP contribution >= 0.6 is 0 Å². The van der Waals surface area contributed by atoms with E-state index in [2.05, 4.69) is 33.0 Å². The van der Waals surface area contributed by atoms with Gasteiger partial charge in [-0.05, 0) is 24.1 Å². The first kappa shape index (κ1) is 18.4. The van der Waals surface area contributed by atoms with Crippen LogP contribution in [-0.2, 0) is 11.2 Å². The van der Waals surface area contributed by atoms with Gasteiger partial charge in [-0.2, -0.15) is 4.98 Å². The van der Waals surface area contributed by atoms with Crippen molar-refractivity contribution in [2.45, 2.75) is 6.42 Å². The van der Waals surface area contributed by atoms with E-state index in [1.807, 2.05) is 49.8 Å². The number of pyridine rings is 1. The Morgan fingerprint density at radius 1 is 1.00 bits per heavy atom. The topological polar surface area (TPSA) is 54.4 Å². The predicted octanol–water partition coefficient (Wildman–Crippen LogP) is 3.05. The second kappa shape index (κ2) is 8.80. The van der Waals surface area contributed by atoms with E-state index in [-0.39, 0.29) is 0 Å². The summed E-state index contributed by atoms with van der Waals surface area (Å²) in [6, 6.07) is 16.5. The Balaban J connectivity index is 1.61. The molecule has 1 aliphatic rings. The molecule has 0 radical (unpaired) electrons. The average Bonchev–Trinajstić information content (AvgIpc) is 2.79. The molecule has 1 aromatic carbocycles. The molecule has 3 heterocycles. The van der Waals surface area contributed by atoms with Gasteiger partial charge in [-0.25, -0.2) is 4.98 Å². The first-order valence-corrected chi connectivity index (χ1v) is 9.67. The number of rotatable bonds is 6. The lowest BCUT2D eigenvalue weighted by Crippen LogP contribution is -2.37. The molecule has 6 nitrogen and oxygen atoms in total. The summed E-state index contributed by atoms with van der Waals surface area (Å²) in [5.41, 5.74) is 3.31. The van der Waals surface area contributed by atoms with Crippen LogP contribution in [0.25, 0.3) is 11.3 Å². The molecule has 1 fully saturated rings. The van der Waals surface area contributed by atoms with E-state index in [9.17, 15) is 0 Å². The van der Waals surface area contributed by atoms with Crippen molar-refractivity contribution in [3.8, 4) is 11.3 Å². The summed E-state index contributed by atoms with van der Waals surface area (Å²) in [7, 11) is 2.05. The maximum Gasteiger partial charge on any atom is 0.227 e. The molecule has 2 aromatic heterocycles. The molecule has 0 spiro atoms. The monoisotopic (exact) mass is 375 g/mol. The molecular weight excluding hydrogens is 350 g/mol. The number of benzene rings is 1. The number of morpholine rings is 1. The van der Waals surface area contributed by atoms with Crippen LogP contribution in [0.4, 0.5) is 11.8 Å². The van der Waals surface area contributed by atoms with Gasteiger partial charge in [-0.3, -0.25) is 4.98 Å². The lowest BCUT2D eigenvalue weighted by Gasteiger charge is -2.29. The summed E-state index contributed by atoms with van der Waals surface area (Å²) in [4.78, 5) is 18.2. The summed E-state index contributed by atoms with van der Waals surface area (Å²) < 4.78 is 5.50. The summed E-state index contributed by atoms with van der Waals surface area (Å²) in [6.45, 7) is 4.01. The van der Waals surface area contributed by atoms with Crippen LogP contribution in [-0.4, -0.2) is 54.8 Å². The minimum absolute atomic E-state index is 0.734. The van der Waals surface area contributed by atoms with Crippen molar-refractivity contribution < 1.29 is 4.74 Å². The maximum absolute atomic E-state index is 5.50. The highest BCUT2D eigenvalue weighted by Gasteiger charge is 2.17. The van der Waals surface area contributed by atoms with Gasteiger partial charge >= 0.3 is 0 Å². The number of ether oxygens (including phenoxy) is 1. The van der Waals surface area contributed by atoms with Gasteiger partial charge in [0.25, 0.3) is 0 Å². The number of hydrogen-bond donors (Lipinski definition) is 0. The first-order chi connectivity index (χ1) is 13.8. The van der Waals surface area contributed by atoms with Gasteiger partial charge in [0.15, 0.2) is 0 Å². The molecule has 1 aliphatic heterocycles. The highest BCUT2D eigenvalue weighted by atomic mass is 16.5. The largest absolute Gasteiger partial charge is 0.378 e. The standard InChI is InChI=1S/C22H25N5O/c1-26(12-9-18-7-10-23-11-8-18)22-24-20(19-5-3-2-4-6-19)17-21(25-22)27-13-15-28-16-14-27/h2-8,10-11,17H,9,12-16H2,1H3. The lowest BCUT2D eigenvalue weighted by molar-refractivity contribution is 0.122. The molecule has 144 valence electrons. The summed E-state index contributed by atoms with van der Waals surface area (Å²) in [6.07, 6.45) is 4.58. The van der Waals surface area contributed by atoms with E-state index in [0.717, 1.165) is 62.3 Å². The second-order valence-electron chi connectivity index (χ2n) is 6.90. The molecule has 0 bridgehead atoms. The third-order valence-corrected chi connectivity index (χ3v) is 4.93. The van der Waals surface area contributed by atoms with Crippen molar-refractivity contribution in [2.24, 2.45) is 0 Å². The third-order valence-electron chi connectivity index (χ3n) is 4.93. The Morgan fingerprint density at radius 3 is 2.50 bits per heavy atom. The molecule has 0 amide bonds. The Morgan fingerprint density at radius 2 is 1.75 bits per heavy atom. The van der Waals surface area contributed by atoms with Crippen LogP contribution in [0.2, 0.25) is 0 Å². The number of hydrogen-bond acceptors (Lipinski definition) is 6. The van der Waals surface area contributed by atoms with E-state index in [0.29, 0.717) is 0 Å². The van der Waals surface area contributed by atoms with Crippen molar-refractivity contribution in [2.75, 3.05) is 49.7 Å². The fourth-order valence-electron chi connectivity index (χ4n) is 3.25. The molecule has 1 saturated heterocycles. The fraction of sp³-hybridized carbons (Fsp3) is 0.318. The quantitative estimate of drug-likeness (QED) is 0.660. The van der Waals surface area contributed by atoms with Crippen molar-refractivity contribution >= 4 is 11.8 Å². The summed E-state index contributed by atoms with van der Waals surface area (Å²) in [5, 5.41) is 0. The minimum Gasteiger partial charge on any atom is -0.378 e. The zero-order valence-electron chi connectivity index (χ0n) is 16.2. The Bertz CT molecular complexity index is 882. The molecule has 4 rings (SSSR count). The zero-order chi connectivity index (χ0) is 19.2. The minimum atomic E-state index is 0.734. The molecule has 0 N–H and O–H groups in total. The normalized spacial score (nSPS) is 14.1. The molecule has 0 aliphatic carbocycles. The van der Waals surface area contributed by atoms with Gasteiger partial charge in [0.1, 0.15) is 5.82 Å². The van der Waals surface area contributed by atoms with E-state index < -0.39 is 0 Å². The van der Waals surface area contributed by atoms with Crippen LogP contribution in [0.15, 0.2) is 60.9 Å². The highest BCUT2D eigenvalue weighted by Crippen LogP contribution is 2.25. The molecule has 0 atom stereocenters. The van der Waals surface area contributed by atoms with E-state index in [1.54, 1.807) is 0 Å². The molecular formula is C22H25N5O. The number of anilines is 2. The van der Waals surface area contributed by atoms with Crippen molar-refractivity contribution in [1.29, 1.82) is 0 Å². The van der Waals surface area contributed by atoms with Crippen LogP contribution in [0.1, 0.15) is 5.56 Å². The van der Waals surface area contributed by atoms with Crippen molar-refractivity contribution in [1.82, 2.24) is 15.0 Å². The SMILES string of the molecule is CN(CCc1ccncc1)c1nc(-c2ccccc2)cc(N2CCOCC2)n1. The van der Waals surface area contributed by atoms with Gasteiger partial charge < -0.3 is 14.5 Å². The summed E-state index contributed by atoms with van der Waals surface area (Å²) in [5.74, 6) is 1.71. The van der Waals surface area contributed by atoms with Crippen LogP contribution in [0.3, 0.4) is 0 Å². The lowest BCUT2D eigenvalue weighted by atomic mass is 10.1. The van der Waals surface area contributed by atoms with Gasteiger partial charge in [-0.1, -0.05) is 30.3 Å². The average molecular weight is 375 g/mol. The Kier molecular flexibility index (Phi) is 5.77. The van der Waals surface area contributed by atoms with Gasteiger partial charge in [0.2, 0.25) is 5.95 Å². The van der Waals surface area contributed by atoms with Crippen LogP contribution in [0, 0.1) is 0 Å². The first-order valence-electron chi connectivity index (χ1n) is 9.67. The van der Waals surface area contributed by atoms with Crippen LogP contribution in [0.5, 0.6) is 0 Å². The highest BCUT2D eigenvalue weighted by molar-refractivity contribution is 5.65. The Labute approximate surface area is 165 Å². The number of likely N-dealkylation sites (N-methyl/N-ethyl adjacent to an activating group) is 1. The molecule has 0 unspecified atom stereocenters. The Hall–Kier alpha value is -2.99. The maximum atomic E-state index is 5.50. The van der Waals surface area contributed by atoms with Crippen molar-refractivity contribution in [3.63, 3.8) is 0 Å². The number of aromatic nitrogens is 3. The van der Waals surface area contributed by atoms with E-state index in [4.69, 9.17) is 14.7 Å². The smallest absolute Gasteiger partial charge is 0.227 e. The summed E-state index contributed by atoms with van der Waals surface area (Å²) >= 11 is 0. The molecule has 6 heteroatoms. The zero-order valence-corrected chi connectivity index (χ0v) is 16.2. The molecule has 0 saturated carbocycles. The molecule has 28 heavy (non-hydrogen) atoms.